The molecule has 0 aliphatic rings. The van der Waals surface area contributed by atoms with Crippen molar-refractivity contribution in [2.45, 2.75) is 6.92 Å². The molecule has 0 spiro atoms. The lowest BCUT2D eigenvalue weighted by Crippen LogP contribution is -2.00. The largest absolute Gasteiger partial charge is 0.477 e. The van der Waals surface area contributed by atoms with Gasteiger partial charge in [0.15, 0.2) is 0 Å². The fourth-order valence-corrected chi connectivity index (χ4v) is 1.26. The number of benzene rings is 1. The van der Waals surface area contributed by atoms with Gasteiger partial charge < -0.3 is 5.11 Å². The minimum absolute atomic E-state index is 0.252. The van der Waals surface area contributed by atoms with E-state index in [2.05, 4.69) is 0 Å². The van der Waals surface area contributed by atoms with Crippen molar-refractivity contribution in [1.29, 1.82) is 5.26 Å². The van der Waals surface area contributed by atoms with E-state index >= 15 is 0 Å². The van der Waals surface area contributed by atoms with Gasteiger partial charge in [0, 0.05) is 5.02 Å². The number of aliphatic carboxylic acids is 1. The molecule has 0 saturated heterocycles. The van der Waals surface area contributed by atoms with Crippen molar-refractivity contribution in [1.82, 2.24) is 0 Å². The van der Waals surface area contributed by atoms with E-state index in [1.807, 2.05) is 0 Å². The van der Waals surface area contributed by atoms with Crippen molar-refractivity contribution >= 4 is 23.1 Å². The molecule has 0 aromatic heterocycles. The third-order valence-electron chi connectivity index (χ3n) is 1.98. The van der Waals surface area contributed by atoms with Crippen molar-refractivity contribution < 1.29 is 9.90 Å². The highest BCUT2D eigenvalue weighted by Crippen LogP contribution is 2.20. The first-order valence-electron chi connectivity index (χ1n) is 4.16. The van der Waals surface area contributed by atoms with Gasteiger partial charge in [0.2, 0.25) is 0 Å². The molecular formula is C11H8ClNO2. The summed E-state index contributed by atoms with van der Waals surface area (Å²) in [4.78, 5) is 10.7. The van der Waals surface area contributed by atoms with E-state index in [4.69, 9.17) is 22.0 Å². The number of allylic oxidation sites excluding steroid dienone is 1. The summed E-state index contributed by atoms with van der Waals surface area (Å²) >= 11 is 5.69. The first-order valence-corrected chi connectivity index (χ1v) is 4.54. The maximum absolute atomic E-state index is 10.7. The lowest BCUT2D eigenvalue weighted by atomic mass is 10.0. The molecule has 1 aromatic carbocycles. The summed E-state index contributed by atoms with van der Waals surface area (Å²) < 4.78 is 0. The lowest BCUT2D eigenvalue weighted by Gasteiger charge is -2.02. The van der Waals surface area contributed by atoms with E-state index < -0.39 is 5.97 Å². The number of hydrogen-bond acceptors (Lipinski definition) is 2. The van der Waals surface area contributed by atoms with Gasteiger partial charge in [0.25, 0.3) is 0 Å². The average Bonchev–Trinajstić information content (AvgIpc) is 2.19. The number of carbonyl (C=O) groups is 1. The van der Waals surface area contributed by atoms with Crippen LogP contribution in [0.2, 0.25) is 5.02 Å². The van der Waals surface area contributed by atoms with E-state index in [1.165, 1.54) is 0 Å². The molecule has 0 atom stereocenters. The van der Waals surface area contributed by atoms with Gasteiger partial charge in [-0.1, -0.05) is 23.7 Å². The SMILES string of the molecule is C/C(=C(/C#N)C(=O)O)c1ccc(Cl)cc1. The Morgan fingerprint density at radius 2 is 1.93 bits per heavy atom. The van der Waals surface area contributed by atoms with Crippen LogP contribution in [-0.2, 0) is 4.79 Å². The third kappa shape index (κ3) is 2.58. The number of carboxylic acids is 1. The summed E-state index contributed by atoms with van der Waals surface area (Å²) in [6.07, 6.45) is 0. The maximum atomic E-state index is 10.7. The average molecular weight is 222 g/mol. The number of nitrogens with zero attached hydrogens (tertiary/aromatic N) is 1. The molecule has 4 heteroatoms. The molecule has 15 heavy (non-hydrogen) atoms. The molecule has 0 bridgehead atoms. The summed E-state index contributed by atoms with van der Waals surface area (Å²) in [6.45, 7) is 1.59. The second-order valence-electron chi connectivity index (χ2n) is 2.92. The highest BCUT2D eigenvalue weighted by molar-refractivity contribution is 6.30. The summed E-state index contributed by atoms with van der Waals surface area (Å²) in [5.74, 6) is -1.22. The van der Waals surface area contributed by atoms with E-state index in [-0.39, 0.29) is 5.57 Å². The summed E-state index contributed by atoms with van der Waals surface area (Å²) in [7, 11) is 0. The summed E-state index contributed by atoms with van der Waals surface area (Å²) in [6, 6.07) is 8.32. The van der Waals surface area contributed by atoms with Crippen LogP contribution >= 0.6 is 11.6 Å². The van der Waals surface area contributed by atoms with Crippen LogP contribution < -0.4 is 0 Å². The Labute approximate surface area is 92.2 Å². The smallest absolute Gasteiger partial charge is 0.346 e. The molecule has 3 nitrogen and oxygen atoms in total. The Balaban J connectivity index is 3.24. The van der Waals surface area contributed by atoms with Gasteiger partial charge >= 0.3 is 5.97 Å². The normalized spacial score (nSPS) is 11.5. The first kappa shape index (κ1) is 11.3. The quantitative estimate of drug-likeness (QED) is 0.617. The lowest BCUT2D eigenvalue weighted by molar-refractivity contribution is -0.132. The Morgan fingerprint density at radius 1 is 1.40 bits per heavy atom. The first-order chi connectivity index (χ1) is 7.06. The Morgan fingerprint density at radius 3 is 2.33 bits per heavy atom. The van der Waals surface area contributed by atoms with Gasteiger partial charge in [-0.3, -0.25) is 0 Å². The fraction of sp³-hybridized carbons (Fsp3) is 0.0909. The maximum Gasteiger partial charge on any atom is 0.346 e. The fourth-order valence-electron chi connectivity index (χ4n) is 1.14. The number of nitriles is 1. The molecule has 0 aliphatic carbocycles. The van der Waals surface area contributed by atoms with Crippen molar-refractivity contribution in [2.24, 2.45) is 0 Å². The molecule has 0 aliphatic heterocycles. The van der Waals surface area contributed by atoms with Gasteiger partial charge in [-0.2, -0.15) is 5.26 Å². The van der Waals surface area contributed by atoms with Crippen LogP contribution in [0.25, 0.3) is 5.57 Å². The molecule has 0 heterocycles. The van der Waals surface area contributed by atoms with Crippen LogP contribution in [-0.4, -0.2) is 11.1 Å². The van der Waals surface area contributed by atoms with E-state index in [0.29, 0.717) is 16.2 Å². The van der Waals surface area contributed by atoms with Gasteiger partial charge in [0.1, 0.15) is 11.6 Å². The van der Waals surface area contributed by atoms with Crippen LogP contribution in [0, 0.1) is 11.3 Å². The van der Waals surface area contributed by atoms with Crippen LogP contribution in [0.1, 0.15) is 12.5 Å². The third-order valence-corrected chi connectivity index (χ3v) is 2.23. The predicted molar refractivity (Wildman–Crippen MR) is 57.3 cm³/mol. The Kier molecular flexibility index (Phi) is 3.48. The van der Waals surface area contributed by atoms with E-state index in [1.54, 1.807) is 37.3 Å². The number of carboxylic acid groups (broad SMARTS) is 1. The molecule has 0 fully saturated rings. The van der Waals surface area contributed by atoms with Crippen molar-refractivity contribution in [3.05, 3.63) is 40.4 Å². The highest BCUT2D eigenvalue weighted by atomic mass is 35.5. The summed E-state index contributed by atoms with van der Waals surface area (Å²) in [5, 5.41) is 18.0. The zero-order chi connectivity index (χ0) is 11.4. The molecule has 76 valence electrons. The predicted octanol–water partition coefficient (Wildman–Crippen LogP) is 2.72. The van der Waals surface area contributed by atoms with Crippen LogP contribution in [0.3, 0.4) is 0 Å². The second-order valence-corrected chi connectivity index (χ2v) is 3.36. The number of rotatable bonds is 2. The van der Waals surface area contributed by atoms with Gasteiger partial charge in [-0.05, 0) is 30.2 Å². The Hall–Kier alpha value is -1.79. The molecule has 0 unspecified atom stereocenters. The monoisotopic (exact) mass is 221 g/mol. The van der Waals surface area contributed by atoms with Gasteiger partial charge in [-0.15, -0.1) is 0 Å². The molecule has 0 amide bonds. The van der Waals surface area contributed by atoms with Crippen LogP contribution in [0.5, 0.6) is 0 Å². The molecule has 1 rings (SSSR count). The number of halogens is 1. The topological polar surface area (TPSA) is 61.1 Å². The minimum Gasteiger partial charge on any atom is -0.477 e. The Bertz CT molecular complexity index is 454. The molecule has 1 aromatic rings. The van der Waals surface area contributed by atoms with Crippen molar-refractivity contribution in [3.63, 3.8) is 0 Å². The molecule has 1 N–H and O–H groups in total. The van der Waals surface area contributed by atoms with Gasteiger partial charge in [-0.25, -0.2) is 4.79 Å². The molecule has 0 saturated carbocycles. The second kappa shape index (κ2) is 4.63. The zero-order valence-electron chi connectivity index (χ0n) is 7.99. The minimum atomic E-state index is -1.22. The van der Waals surface area contributed by atoms with Gasteiger partial charge in [0.05, 0.1) is 0 Å². The van der Waals surface area contributed by atoms with E-state index in [0.717, 1.165) is 0 Å². The van der Waals surface area contributed by atoms with Crippen LogP contribution in [0.15, 0.2) is 29.8 Å². The summed E-state index contributed by atoms with van der Waals surface area (Å²) in [5.41, 5.74) is 0.859. The number of hydrogen-bond donors (Lipinski definition) is 1. The van der Waals surface area contributed by atoms with Crippen molar-refractivity contribution in [2.75, 3.05) is 0 Å². The molecular weight excluding hydrogens is 214 g/mol. The van der Waals surface area contributed by atoms with Crippen LogP contribution in [0.4, 0.5) is 0 Å². The highest BCUT2D eigenvalue weighted by Gasteiger charge is 2.11. The zero-order valence-corrected chi connectivity index (χ0v) is 8.75. The van der Waals surface area contributed by atoms with Crippen molar-refractivity contribution in [3.8, 4) is 6.07 Å². The molecule has 0 radical (unpaired) electrons. The standard InChI is InChI=1S/C11H8ClNO2/c1-7(10(6-13)11(14)15)8-2-4-9(12)5-3-8/h2-5H,1H3,(H,14,15)/b10-7+. The van der Waals surface area contributed by atoms with E-state index in [9.17, 15) is 4.79 Å².